The Labute approximate surface area is 153 Å². The standard InChI is InChI=1S/C19H17F3N4O/c1-12-15(17(25-27-12)13-5-3-2-4-6-13)11-26-8-7-16-14(10-26)9-23-18(24-16)19(20,21)22/h2-6,9H,7-8,10-11H2,1H3. The minimum Gasteiger partial charge on any atom is -0.361 e. The predicted molar refractivity (Wildman–Crippen MR) is 91.5 cm³/mol. The van der Waals surface area contributed by atoms with Crippen LogP contribution in [-0.2, 0) is 25.7 Å². The first kappa shape index (κ1) is 17.7. The molecule has 0 atom stereocenters. The SMILES string of the molecule is Cc1onc(-c2ccccc2)c1CN1CCc2nc(C(F)(F)F)ncc2C1. The van der Waals surface area contributed by atoms with E-state index in [2.05, 4.69) is 20.0 Å². The van der Waals surface area contributed by atoms with Crippen LogP contribution in [0.2, 0.25) is 0 Å². The first-order chi connectivity index (χ1) is 12.9. The Hall–Kier alpha value is -2.74. The molecule has 0 unspecified atom stereocenters. The van der Waals surface area contributed by atoms with E-state index in [4.69, 9.17) is 4.52 Å². The molecule has 2 aromatic heterocycles. The van der Waals surface area contributed by atoms with Crippen LogP contribution in [0.25, 0.3) is 11.3 Å². The van der Waals surface area contributed by atoms with Gasteiger partial charge in [-0.2, -0.15) is 13.2 Å². The highest BCUT2D eigenvalue weighted by Crippen LogP contribution is 2.30. The average Bonchev–Trinajstić information content (AvgIpc) is 3.02. The molecule has 5 nitrogen and oxygen atoms in total. The molecule has 27 heavy (non-hydrogen) atoms. The van der Waals surface area contributed by atoms with Crippen molar-refractivity contribution in [2.45, 2.75) is 32.6 Å². The van der Waals surface area contributed by atoms with Crippen molar-refractivity contribution in [1.82, 2.24) is 20.0 Å². The van der Waals surface area contributed by atoms with Crippen molar-refractivity contribution >= 4 is 0 Å². The van der Waals surface area contributed by atoms with E-state index in [1.54, 1.807) is 0 Å². The van der Waals surface area contributed by atoms with Gasteiger partial charge in [0, 0.05) is 48.9 Å². The third kappa shape index (κ3) is 3.57. The third-order valence-corrected chi connectivity index (χ3v) is 4.68. The molecule has 1 aliphatic heterocycles. The fourth-order valence-corrected chi connectivity index (χ4v) is 3.27. The van der Waals surface area contributed by atoms with E-state index < -0.39 is 12.0 Å². The summed E-state index contributed by atoms with van der Waals surface area (Å²) in [5.74, 6) is -0.334. The van der Waals surface area contributed by atoms with Crippen molar-refractivity contribution in [3.63, 3.8) is 0 Å². The second kappa shape index (κ2) is 6.77. The predicted octanol–water partition coefficient (Wildman–Crippen LogP) is 4.02. The molecule has 1 aromatic carbocycles. The molecule has 0 saturated heterocycles. The van der Waals surface area contributed by atoms with E-state index in [1.807, 2.05) is 37.3 Å². The van der Waals surface area contributed by atoms with Gasteiger partial charge < -0.3 is 4.52 Å². The molecule has 1 aliphatic rings. The maximum absolute atomic E-state index is 12.8. The van der Waals surface area contributed by atoms with Crippen molar-refractivity contribution in [3.05, 3.63) is 64.9 Å². The van der Waals surface area contributed by atoms with E-state index in [9.17, 15) is 13.2 Å². The van der Waals surface area contributed by atoms with Crippen molar-refractivity contribution < 1.29 is 17.7 Å². The first-order valence-electron chi connectivity index (χ1n) is 8.56. The Morgan fingerprint density at radius 2 is 1.96 bits per heavy atom. The molecule has 0 N–H and O–H groups in total. The molecule has 0 spiro atoms. The van der Waals surface area contributed by atoms with Gasteiger partial charge in [0.2, 0.25) is 5.82 Å². The highest BCUT2D eigenvalue weighted by atomic mass is 19.4. The number of alkyl halides is 3. The van der Waals surface area contributed by atoms with E-state index >= 15 is 0 Å². The normalized spacial score (nSPS) is 15.0. The molecule has 140 valence electrons. The lowest BCUT2D eigenvalue weighted by Gasteiger charge is -2.28. The zero-order chi connectivity index (χ0) is 19.0. The van der Waals surface area contributed by atoms with E-state index in [0.29, 0.717) is 31.7 Å². The lowest BCUT2D eigenvalue weighted by molar-refractivity contribution is -0.145. The summed E-state index contributed by atoms with van der Waals surface area (Å²) in [5.41, 5.74) is 3.95. The van der Waals surface area contributed by atoms with Gasteiger partial charge in [-0.1, -0.05) is 35.5 Å². The highest BCUT2D eigenvalue weighted by Gasteiger charge is 2.35. The van der Waals surface area contributed by atoms with Crippen LogP contribution in [0.1, 0.15) is 28.4 Å². The molecular formula is C19H17F3N4O. The molecule has 0 saturated carbocycles. The van der Waals surface area contributed by atoms with Gasteiger partial charge in [-0.05, 0) is 6.92 Å². The Morgan fingerprint density at radius 3 is 2.70 bits per heavy atom. The van der Waals surface area contributed by atoms with Crippen LogP contribution in [0.15, 0.2) is 41.1 Å². The summed E-state index contributed by atoms with van der Waals surface area (Å²) in [7, 11) is 0. The van der Waals surface area contributed by atoms with Crippen molar-refractivity contribution in [2.24, 2.45) is 0 Å². The number of benzene rings is 1. The summed E-state index contributed by atoms with van der Waals surface area (Å²) in [6, 6.07) is 9.76. The summed E-state index contributed by atoms with van der Waals surface area (Å²) in [6.45, 7) is 3.57. The van der Waals surface area contributed by atoms with Crippen LogP contribution in [0.5, 0.6) is 0 Å². The molecule has 0 fully saturated rings. The van der Waals surface area contributed by atoms with E-state index in [0.717, 1.165) is 28.1 Å². The van der Waals surface area contributed by atoms with Crippen LogP contribution >= 0.6 is 0 Å². The highest BCUT2D eigenvalue weighted by molar-refractivity contribution is 5.63. The van der Waals surface area contributed by atoms with Crippen LogP contribution in [-0.4, -0.2) is 26.6 Å². The fraction of sp³-hybridized carbons (Fsp3) is 0.316. The number of nitrogens with zero attached hydrogens (tertiary/aromatic N) is 4. The van der Waals surface area contributed by atoms with Crippen LogP contribution in [0.4, 0.5) is 13.2 Å². The van der Waals surface area contributed by atoms with Gasteiger partial charge in [0.25, 0.3) is 0 Å². The lowest BCUT2D eigenvalue weighted by Crippen LogP contribution is -2.31. The summed E-state index contributed by atoms with van der Waals surface area (Å²) in [4.78, 5) is 9.33. The minimum atomic E-state index is -4.52. The van der Waals surface area contributed by atoms with E-state index in [-0.39, 0.29) is 0 Å². The van der Waals surface area contributed by atoms with Crippen molar-refractivity contribution in [3.8, 4) is 11.3 Å². The monoisotopic (exact) mass is 374 g/mol. The first-order valence-corrected chi connectivity index (χ1v) is 8.56. The van der Waals surface area contributed by atoms with Gasteiger partial charge in [0.15, 0.2) is 0 Å². The molecule has 3 aromatic rings. The number of fused-ring (bicyclic) bond motifs is 1. The molecule has 0 aliphatic carbocycles. The molecule has 8 heteroatoms. The Kier molecular flexibility index (Phi) is 4.43. The molecule has 0 radical (unpaired) electrons. The average molecular weight is 374 g/mol. The Balaban J connectivity index is 1.56. The van der Waals surface area contributed by atoms with E-state index in [1.165, 1.54) is 6.20 Å². The van der Waals surface area contributed by atoms with Crippen molar-refractivity contribution in [1.29, 1.82) is 0 Å². The quantitative estimate of drug-likeness (QED) is 0.693. The number of rotatable bonds is 3. The maximum atomic E-state index is 12.8. The van der Waals surface area contributed by atoms with Gasteiger partial charge in [0.1, 0.15) is 11.5 Å². The fourth-order valence-electron chi connectivity index (χ4n) is 3.27. The number of aromatic nitrogens is 3. The molecule has 0 bridgehead atoms. The maximum Gasteiger partial charge on any atom is 0.451 e. The minimum absolute atomic E-state index is 0.450. The molecule has 4 rings (SSSR count). The lowest BCUT2D eigenvalue weighted by atomic mass is 10.0. The summed E-state index contributed by atoms with van der Waals surface area (Å²) < 4.78 is 43.7. The Bertz CT molecular complexity index is 953. The zero-order valence-electron chi connectivity index (χ0n) is 14.6. The van der Waals surface area contributed by atoms with Crippen LogP contribution in [0.3, 0.4) is 0 Å². The summed E-state index contributed by atoms with van der Waals surface area (Å²) in [6.07, 6.45) is -2.78. The van der Waals surface area contributed by atoms with Gasteiger partial charge in [-0.3, -0.25) is 4.90 Å². The van der Waals surface area contributed by atoms with Crippen LogP contribution < -0.4 is 0 Å². The topological polar surface area (TPSA) is 55.1 Å². The van der Waals surface area contributed by atoms with Gasteiger partial charge >= 0.3 is 6.18 Å². The number of halogens is 3. The smallest absolute Gasteiger partial charge is 0.361 e. The largest absolute Gasteiger partial charge is 0.451 e. The third-order valence-electron chi connectivity index (χ3n) is 4.68. The summed E-state index contributed by atoms with van der Waals surface area (Å²) in [5, 5.41) is 4.18. The second-order valence-corrected chi connectivity index (χ2v) is 6.56. The second-order valence-electron chi connectivity index (χ2n) is 6.56. The number of aryl methyl sites for hydroxylation is 1. The molecule has 3 heterocycles. The zero-order valence-corrected chi connectivity index (χ0v) is 14.6. The molecular weight excluding hydrogens is 357 g/mol. The van der Waals surface area contributed by atoms with Crippen molar-refractivity contribution in [2.75, 3.05) is 6.54 Å². The number of hydrogen-bond donors (Lipinski definition) is 0. The van der Waals surface area contributed by atoms with Gasteiger partial charge in [0.05, 0.1) is 5.69 Å². The Morgan fingerprint density at radius 1 is 1.19 bits per heavy atom. The molecule has 0 amide bonds. The van der Waals surface area contributed by atoms with Gasteiger partial charge in [-0.25, -0.2) is 9.97 Å². The summed E-state index contributed by atoms with van der Waals surface area (Å²) >= 11 is 0. The number of hydrogen-bond acceptors (Lipinski definition) is 5. The van der Waals surface area contributed by atoms with Gasteiger partial charge in [-0.15, -0.1) is 0 Å². The van der Waals surface area contributed by atoms with Crippen LogP contribution in [0, 0.1) is 6.92 Å².